The molecule has 0 saturated carbocycles. The summed E-state index contributed by atoms with van der Waals surface area (Å²) in [6.45, 7) is 3.21. The van der Waals surface area contributed by atoms with Gasteiger partial charge >= 0.3 is 0 Å². The van der Waals surface area contributed by atoms with Gasteiger partial charge in [0, 0.05) is 12.6 Å². The Hall–Kier alpha value is -1.89. The van der Waals surface area contributed by atoms with E-state index in [0.717, 1.165) is 13.0 Å². The molecule has 0 aliphatic rings. The molecule has 25 heavy (non-hydrogen) atoms. The van der Waals surface area contributed by atoms with E-state index in [0.29, 0.717) is 39.6 Å². The third-order valence-electron chi connectivity index (χ3n) is 3.35. The first-order valence-corrected chi connectivity index (χ1v) is 8.62. The summed E-state index contributed by atoms with van der Waals surface area (Å²) in [5, 5.41) is 6.86. The molecule has 2 N–H and O–H groups in total. The topological polar surface area (TPSA) is 70.2 Å². The maximum atomic E-state index is 12.3. The van der Waals surface area contributed by atoms with Gasteiger partial charge in [-0.3, -0.25) is 4.79 Å². The Balaban J connectivity index is 2.10. The maximum Gasteiger partial charge on any atom is 0.270 e. The van der Waals surface area contributed by atoms with E-state index in [1.54, 1.807) is 31.2 Å². The van der Waals surface area contributed by atoms with E-state index < -0.39 is 0 Å². The van der Waals surface area contributed by atoms with Crippen LogP contribution in [0.2, 0.25) is 10.0 Å². The van der Waals surface area contributed by atoms with Crippen LogP contribution >= 0.6 is 23.2 Å². The summed E-state index contributed by atoms with van der Waals surface area (Å²) in [6, 6.07) is 6.78. The van der Waals surface area contributed by atoms with Gasteiger partial charge in [0.1, 0.15) is 17.3 Å². The summed E-state index contributed by atoms with van der Waals surface area (Å²) in [5.74, 6) is 0.699. The summed E-state index contributed by atoms with van der Waals surface area (Å²) < 4.78 is 0. The van der Waals surface area contributed by atoms with Gasteiger partial charge in [0.25, 0.3) is 5.91 Å². The van der Waals surface area contributed by atoms with Crippen molar-refractivity contribution in [3.63, 3.8) is 0 Å². The molecule has 0 aliphatic carbocycles. The number of nitrogens with zero attached hydrogens (tertiary/aromatic N) is 3. The number of carbonyl (C=O) groups is 1. The van der Waals surface area contributed by atoms with Crippen molar-refractivity contribution in [2.24, 2.45) is 0 Å². The number of nitrogens with one attached hydrogen (secondary N) is 2. The molecule has 8 heteroatoms. The van der Waals surface area contributed by atoms with E-state index in [1.807, 2.05) is 14.1 Å². The monoisotopic (exact) mass is 381 g/mol. The fraction of sp³-hybridized carbons (Fsp3) is 0.353. The van der Waals surface area contributed by atoms with Crippen molar-refractivity contribution < 1.29 is 4.79 Å². The molecular formula is C17H21Cl2N5O. The van der Waals surface area contributed by atoms with E-state index in [1.165, 1.54) is 0 Å². The first-order valence-electron chi connectivity index (χ1n) is 7.86. The molecule has 0 atom stereocenters. The van der Waals surface area contributed by atoms with Crippen LogP contribution in [-0.2, 0) is 0 Å². The van der Waals surface area contributed by atoms with Gasteiger partial charge in [0.05, 0.1) is 15.7 Å². The molecular weight excluding hydrogens is 361 g/mol. The lowest BCUT2D eigenvalue weighted by molar-refractivity contribution is 0.0947. The number of benzene rings is 1. The Bertz CT molecular complexity index is 732. The fourth-order valence-corrected chi connectivity index (χ4v) is 2.67. The molecule has 0 unspecified atom stereocenters. The second-order valence-electron chi connectivity index (χ2n) is 5.82. The molecule has 2 rings (SSSR count). The third-order valence-corrected chi connectivity index (χ3v) is 3.98. The molecule has 134 valence electrons. The van der Waals surface area contributed by atoms with Crippen LogP contribution in [-0.4, -0.2) is 48.0 Å². The van der Waals surface area contributed by atoms with Gasteiger partial charge in [-0.2, -0.15) is 0 Å². The Morgan fingerprint density at radius 2 is 1.88 bits per heavy atom. The molecule has 2 aromatic rings. The van der Waals surface area contributed by atoms with E-state index in [2.05, 4.69) is 25.5 Å². The van der Waals surface area contributed by atoms with Crippen molar-refractivity contribution in [2.75, 3.05) is 32.5 Å². The average Bonchev–Trinajstić information content (AvgIpc) is 2.54. The normalized spacial score (nSPS) is 10.8. The van der Waals surface area contributed by atoms with E-state index >= 15 is 0 Å². The number of aryl methyl sites for hydroxylation is 1. The van der Waals surface area contributed by atoms with Crippen molar-refractivity contribution >= 4 is 40.6 Å². The molecule has 1 aromatic carbocycles. The summed E-state index contributed by atoms with van der Waals surface area (Å²) in [6.07, 6.45) is 0.864. The van der Waals surface area contributed by atoms with E-state index in [9.17, 15) is 4.79 Å². The Labute approximate surface area is 157 Å². The minimum Gasteiger partial charge on any atom is -0.351 e. The largest absolute Gasteiger partial charge is 0.351 e. The average molecular weight is 382 g/mol. The standard InChI is InChI=1S/C17H21Cl2N5O/c1-11-21-14(17(25)20-8-5-9-24(2)3)10-15(22-11)23-16-12(18)6-4-7-13(16)19/h4,6-7,10H,5,8-9H2,1-3H3,(H,20,25)(H,21,22,23). The maximum absolute atomic E-state index is 12.3. The van der Waals surface area contributed by atoms with Crippen LogP contribution in [0, 0.1) is 6.92 Å². The lowest BCUT2D eigenvalue weighted by Crippen LogP contribution is -2.28. The summed E-state index contributed by atoms with van der Waals surface area (Å²) in [4.78, 5) is 22.8. The highest BCUT2D eigenvalue weighted by molar-refractivity contribution is 6.39. The summed E-state index contributed by atoms with van der Waals surface area (Å²) in [5.41, 5.74) is 0.837. The second kappa shape index (κ2) is 8.99. The number of para-hydroxylation sites is 1. The van der Waals surface area contributed by atoms with Crippen LogP contribution in [0.1, 0.15) is 22.7 Å². The quantitative estimate of drug-likeness (QED) is 0.718. The van der Waals surface area contributed by atoms with Crippen LogP contribution in [0.25, 0.3) is 0 Å². The minimum absolute atomic E-state index is 0.238. The van der Waals surface area contributed by atoms with Gasteiger partial charge in [0.2, 0.25) is 0 Å². The molecule has 0 saturated heterocycles. The molecule has 0 bridgehead atoms. The molecule has 0 fully saturated rings. The van der Waals surface area contributed by atoms with Crippen molar-refractivity contribution in [1.82, 2.24) is 20.2 Å². The van der Waals surface area contributed by atoms with Gasteiger partial charge in [-0.25, -0.2) is 9.97 Å². The molecule has 0 aliphatic heterocycles. The summed E-state index contributed by atoms with van der Waals surface area (Å²) in [7, 11) is 3.99. The van der Waals surface area contributed by atoms with Gasteiger partial charge in [-0.15, -0.1) is 0 Å². The zero-order chi connectivity index (χ0) is 18.4. The van der Waals surface area contributed by atoms with Crippen molar-refractivity contribution in [1.29, 1.82) is 0 Å². The molecule has 1 amide bonds. The highest BCUT2D eigenvalue weighted by Gasteiger charge is 2.12. The summed E-state index contributed by atoms with van der Waals surface area (Å²) >= 11 is 12.3. The zero-order valence-corrected chi connectivity index (χ0v) is 15.9. The smallest absolute Gasteiger partial charge is 0.270 e. The molecule has 1 aromatic heterocycles. The predicted octanol–water partition coefficient (Wildman–Crippen LogP) is 3.52. The number of aromatic nitrogens is 2. The van der Waals surface area contributed by atoms with Crippen LogP contribution in [0.5, 0.6) is 0 Å². The van der Waals surface area contributed by atoms with Crippen molar-refractivity contribution in [2.45, 2.75) is 13.3 Å². The Morgan fingerprint density at radius 3 is 2.52 bits per heavy atom. The third kappa shape index (κ3) is 5.85. The van der Waals surface area contributed by atoms with Crippen LogP contribution in [0.15, 0.2) is 24.3 Å². The number of halogens is 2. The number of hydrogen-bond donors (Lipinski definition) is 2. The van der Waals surface area contributed by atoms with Crippen LogP contribution in [0.3, 0.4) is 0 Å². The number of anilines is 2. The number of amides is 1. The molecule has 1 heterocycles. The highest BCUT2D eigenvalue weighted by Crippen LogP contribution is 2.32. The van der Waals surface area contributed by atoms with Gasteiger partial charge in [-0.05, 0) is 46.1 Å². The fourth-order valence-electron chi connectivity index (χ4n) is 2.18. The first-order chi connectivity index (χ1) is 11.9. The van der Waals surface area contributed by atoms with Crippen LogP contribution < -0.4 is 10.6 Å². The molecule has 0 radical (unpaired) electrons. The Kier molecular flexibility index (Phi) is 6.99. The van der Waals surface area contributed by atoms with Crippen LogP contribution in [0.4, 0.5) is 11.5 Å². The van der Waals surface area contributed by atoms with E-state index in [-0.39, 0.29) is 5.91 Å². The lowest BCUT2D eigenvalue weighted by atomic mass is 10.3. The highest BCUT2D eigenvalue weighted by atomic mass is 35.5. The van der Waals surface area contributed by atoms with Crippen molar-refractivity contribution in [3.05, 3.63) is 45.8 Å². The van der Waals surface area contributed by atoms with Gasteiger partial charge < -0.3 is 15.5 Å². The second-order valence-corrected chi connectivity index (χ2v) is 6.63. The lowest BCUT2D eigenvalue weighted by Gasteiger charge is -2.12. The van der Waals surface area contributed by atoms with Gasteiger partial charge in [0.15, 0.2) is 0 Å². The first kappa shape index (κ1) is 19.4. The van der Waals surface area contributed by atoms with E-state index in [4.69, 9.17) is 23.2 Å². The predicted molar refractivity (Wildman–Crippen MR) is 102 cm³/mol. The number of carbonyl (C=O) groups excluding carboxylic acids is 1. The number of hydrogen-bond acceptors (Lipinski definition) is 5. The Morgan fingerprint density at radius 1 is 1.20 bits per heavy atom. The number of rotatable bonds is 7. The zero-order valence-electron chi connectivity index (χ0n) is 14.4. The SMILES string of the molecule is Cc1nc(Nc2c(Cl)cccc2Cl)cc(C(=O)NCCCN(C)C)n1. The minimum atomic E-state index is -0.238. The van der Waals surface area contributed by atoms with Crippen molar-refractivity contribution in [3.8, 4) is 0 Å². The molecule has 0 spiro atoms. The molecule has 6 nitrogen and oxygen atoms in total. The van der Waals surface area contributed by atoms with Gasteiger partial charge in [-0.1, -0.05) is 29.3 Å².